The van der Waals surface area contributed by atoms with Crippen molar-refractivity contribution >= 4 is 11.0 Å². The SMILES string of the molecule is Cc1ccc2c(c1)n([O-])c(C)c(C)[n+]2=O. The van der Waals surface area contributed by atoms with Gasteiger partial charge in [-0.15, -0.1) is 0 Å². The molecule has 0 unspecified atom stereocenters. The van der Waals surface area contributed by atoms with E-state index < -0.39 is 0 Å². The van der Waals surface area contributed by atoms with E-state index in [2.05, 4.69) is 0 Å². The first kappa shape index (κ1) is 9.71. The topological polar surface area (TPSA) is 51.0 Å². The summed E-state index contributed by atoms with van der Waals surface area (Å²) in [6.45, 7) is 5.19. The first-order chi connectivity index (χ1) is 7.02. The molecule has 1 heterocycles. The molecule has 0 atom stereocenters. The minimum atomic E-state index is 0.415. The number of aryl methyl sites for hydroxylation is 1. The van der Waals surface area contributed by atoms with Crippen LogP contribution in [0.5, 0.6) is 0 Å². The third kappa shape index (κ3) is 1.29. The Hall–Kier alpha value is -1.84. The van der Waals surface area contributed by atoms with E-state index in [0.29, 0.717) is 22.4 Å². The van der Waals surface area contributed by atoms with Gasteiger partial charge in [-0.2, -0.15) is 0 Å². The second kappa shape index (κ2) is 3.08. The first-order valence-corrected chi connectivity index (χ1v) is 4.75. The van der Waals surface area contributed by atoms with Crippen LogP contribution in [0, 0.1) is 30.9 Å². The van der Waals surface area contributed by atoms with Gasteiger partial charge in [-0.25, -0.2) is 0 Å². The standard InChI is InChI=1S/C11H12N2O2/c1-7-4-5-10-11(6-7)13(15)9(3)8(2)12(10)14/h4-6H,1-3H3. The lowest BCUT2D eigenvalue weighted by Gasteiger charge is -2.15. The molecule has 1 aromatic heterocycles. The highest BCUT2D eigenvalue weighted by molar-refractivity contribution is 5.73. The molecule has 0 saturated carbocycles. The lowest BCUT2D eigenvalue weighted by Crippen LogP contribution is -2.24. The number of benzene rings is 1. The van der Waals surface area contributed by atoms with Gasteiger partial charge in [0.1, 0.15) is 5.52 Å². The number of fused-ring (bicyclic) bond motifs is 1. The molecular weight excluding hydrogens is 192 g/mol. The fraction of sp³-hybridized carbons (Fsp3) is 0.273. The van der Waals surface area contributed by atoms with Crippen LogP contribution in [0.1, 0.15) is 17.0 Å². The van der Waals surface area contributed by atoms with Crippen molar-refractivity contribution in [3.63, 3.8) is 0 Å². The Morgan fingerprint density at radius 3 is 2.60 bits per heavy atom. The van der Waals surface area contributed by atoms with Gasteiger partial charge in [0.2, 0.25) is 0 Å². The van der Waals surface area contributed by atoms with Crippen LogP contribution in [0.2, 0.25) is 0 Å². The minimum Gasteiger partial charge on any atom is -0.805 e. The van der Waals surface area contributed by atoms with Crippen molar-refractivity contribution in [2.45, 2.75) is 20.8 Å². The third-order valence-corrected chi connectivity index (χ3v) is 2.70. The van der Waals surface area contributed by atoms with Crippen molar-refractivity contribution in [1.29, 1.82) is 0 Å². The quantitative estimate of drug-likeness (QED) is 0.615. The maximum atomic E-state index is 11.8. The first-order valence-electron chi connectivity index (χ1n) is 4.75. The lowest BCUT2D eigenvalue weighted by atomic mass is 10.2. The molecule has 0 fully saturated rings. The maximum absolute atomic E-state index is 11.8. The Morgan fingerprint density at radius 1 is 1.27 bits per heavy atom. The molecule has 1 aromatic carbocycles. The van der Waals surface area contributed by atoms with Crippen molar-refractivity contribution in [3.8, 4) is 0 Å². The minimum absolute atomic E-state index is 0.415. The number of hydrogen-bond acceptors (Lipinski definition) is 2. The molecule has 0 bridgehead atoms. The molecule has 0 saturated heterocycles. The molecule has 0 aliphatic rings. The van der Waals surface area contributed by atoms with Gasteiger partial charge in [-0.05, 0) is 25.5 Å². The Bertz CT molecular complexity index is 600. The van der Waals surface area contributed by atoms with Crippen LogP contribution in [0.3, 0.4) is 0 Å². The number of aromatic nitrogens is 2. The van der Waals surface area contributed by atoms with E-state index in [9.17, 15) is 10.1 Å². The normalized spacial score (nSPS) is 10.9. The second-order valence-corrected chi connectivity index (χ2v) is 3.75. The Balaban J connectivity index is 3.08. The number of hydrogen-bond donors (Lipinski definition) is 0. The van der Waals surface area contributed by atoms with Gasteiger partial charge in [0.25, 0.3) is 11.2 Å². The van der Waals surface area contributed by atoms with Crippen LogP contribution < -0.4 is 4.43 Å². The molecule has 0 amide bonds. The highest BCUT2D eigenvalue weighted by atomic mass is 16.5. The highest BCUT2D eigenvalue weighted by Crippen LogP contribution is 2.14. The molecule has 15 heavy (non-hydrogen) atoms. The van der Waals surface area contributed by atoms with Crippen LogP contribution >= 0.6 is 0 Å². The summed E-state index contributed by atoms with van der Waals surface area (Å²) in [7, 11) is 0. The summed E-state index contributed by atoms with van der Waals surface area (Å²) in [6, 6.07) is 5.23. The summed E-state index contributed by atoms with van der Waals surface area (Å²) in [5.74, 6) is 0. The summed E-state index contributed by atoms with van der Waals surface area (Å²) >= 11 is 0. The van der Waals surface area contributed by atoms with E-state index in [1.807, 2.05) is 13.0 Å². The summed E-state index contributed by atoms with van der Waals surface area (Å²) in [4.78, 5) is 11.8. The van der Waals surface area contributed by atoms with Gasteiger partial charge in [0.15, 0.2) is 0 Å². The lowest BCUT2D eigenvalue weighted by molar-refractivity contribution is -0.473. The van der Waals surface area contributed by atoms with E-state index in [1.165, 1.54) is 0 Å². The molecule has 0 radical (unpaired) electrons. The molecular formula is C11H12N2O2. The van der Waals surface area contributed by atoms with Crippen molar-refractivity contribution in [2.24, 2.45) is 0 Å². The van der Waals surface area contributed by atoms with Crippen molar-refractivity contribution in [2.75, 3.05) is 0 Å². The fourth-order valence-corrected chi connectivity index (χ4v) is 1.62. The van der Waals surface area contributed by atoms with E-state index in [-0.39, 0.29) is 0 Å². The van der Waals surface area contributed by atoms with Gasteiger partial charge < -0.3 is 9.94 Å². The van der Waals surface area contributed by atoms with Crippen molar-refractivity contribution < 1.29 is 4.43 Å². The average Bonchev–Trinajstić information content (AvgIpc) is 2.23. The largest absolute Gasteiger partial charge is 0.805 e. The summed E-state index contributed by atoms with van der Waals surface area (Å²) in [5.41, 5.74) is 2.70. The van der Waals surface area contributed by atoms with Crippen LogP contribution in [0.15, 0.2) is 18.2 Å². The molecule has 0 N–H and O–H groups in total. The molecule has 0 aliphatic heterocycles. The molecule has 2 rings (SSSR count). The van der Waals surface area contributed by atoms with E-state index in [1.54, 1.807) is 26.0 Å². The zero-order valence-electron chi connectivity index (χ0n) is 8.94. The molecule has 4 heteroatoms. The van der Waals surface area contributed by atoms with Gasteiger partial charge in [0, 0.05) is 17.9 Å². The summed E-state index contributed by atoms with van der Waals surface area (Å²) < 4.78 is 1.62. The summed E-state index contributed by atoms with van der Waals surface area (Å²) in [6.07, 6.45) is 0. The van der Waals surface area contributed by atoms with Gasteiger partial charge in [0.05, 0.1) is 10.1 Å². The van der Waals surface area contributed by atoms with Crippen molar-refractivity contribution in [3.05, 3.63) is 45.3 Å². The molecule has 2 aromatic rings. The van der Waals surface area contributed by atoms with Crippen LogP contribution in [-0.2, 0) is 0 Å². The Kier molecular flexibility index (Phi) is 2.00. The Morgan fingerprint density at radius 2 is 1.93 bits per heavy atom. The number of nitrogens with zero attached hydrogens (tertiary/aromatic N) is 2. The zero-order valence-corrected chi connectivity index (χ0v) is 8.94. The monoisotopic (exact) mass is 204 g/mol. The van der Waals surface area contributed by atoms with Crippen LogP contribution in [0.4, 0.5) is 0 Å². The van der Waals surface area contributed by atoms with Crippen LogP contribution in [0.25, 0.3) is 11.0 Å². The van der Waals surface area contributed by atoms with E-state index in [0.717, 1.165) is 14.7 Å². The van der Waals surface area contributed by atoms with Crippen molar-refractivity contribution in [1.82, 2.24) is 4.73 Å². The van der Waals surface area contributed by atoms with Crippen LogP contribution in [-0.4, -0.2) is 4.73 Å². The smallest absolute Gasteiger partial charge is 0.286 e. The van der Waals surface area contributed by atoms with Gasteiger partial charge >= 0.3 is 0 Å². The third-order valence-electron chi connectivity index (χ3n) is 2.70. The highest BCUT2D eigenvalue weighted by Gasteiger charge is 2.15. The molecule has 78 valence electrons. The number of rotatable bonds is 0. The predicted molar refractivity (Wildman–Crippen MR) is 58.3 cm³/mol. The second-order valence-electron chi connectivity index (χ2n) is 3.75. The molecule has 0 aliphatic carbocycles. The van der Waals surface area contributed by atoms with E-state index >= 15 is 0 Å². The van der Waals surface area contributed by atoms with Gasteiger partial charge in [-0.1, -0.05) is 6.07 Å². The molecule has 4 nitrogen and oxygen atoms in total. The predicted octanol–water partition coefficient (Wildman–Crippen LogP) is 1.83. The molecule has 0 spiro atoms. The fourth-order valence-electron chi connectivity index (χ4n) is 1.62. The summed E-state index contributed by atoms with van der Waals surface area (Å²) in [5, 5.41) is 11.8. The van der Waals surface area contributed by atoms with E-state index in [4.69, 9.17) is 0 Å². The maximum Gasteiger partial charge on any atom is 0.286 e. The average molecular weight is 204 g/mol. The van der Waals surface area contributed by atoms with Gasteiger partial charge in [-0.3, -0.25) is 0 Å². The zero-order chi connectivity index (χ0) is 11.2. The Labute approximate surface area is 87.0 Å².